The molecule has 0 atom stereocenters. The fourth-order valence-electron chi connectivity index (χ4n) is 1.58. The molecule has 1 aromatic carbocycles. The second-order valence-electron chi connectivity index (χ2n) is 4.02. The summed E-state index contributed by atoms with van der Waals surface area (Å²) in [5.41, 5.74) is 0.680. The molecule has 0 fully saturated rings. The second-order valence-corrected chi connectivity index (χ2v) is 4.39. The van der Waals surface area contributed by atoms with Crippen molar-refractivity contribution in [1.82, 2.24) is 4.98 Å². The Labute approximate surface area is 122 Å². The van der Waals surface area contributed by atoms with Crippen LogP contribution in [0.4, 0.5) is 5.82 Å². The van der Waals surface area contributed by atoms with Gasteiger partial charge in [-0.2, -0.15) is 0 Å². The highest BCUT2D eigenvalue weighted by molar-refractivity contribution is 7.80. The van der Waals surface area contributed by atoms with Crippen molar-refractivity contribution in [3.63, 3.8) is 0 Å². The lowest BCUT2D eigenvalue weighted by atomic mass is 10.1. The molecule has 20 heavy (non-hydrogen) atoms. The molecule has 0 radical (unpaired) electrons. The Hall–Kier alpha value is -2.27. The van der Waals surface area contributed by atoms with Gasteiger partial charge in [0.1, 0.15) is 5.82 Å². The maximum absolute atomic E-state index is 11.8. The highest BCUT2D eigenvalue weighted by Crippen LogP contribution is 2.04. The lowest BCUT2D eigenvalue weighted by Crippen LogP contribution is -2.16. The average molecular weight is 286 g/mol. The van der Waals surface area contributed by atoms with Crippen LogP contribution >= 0.6 is 12.2 Å². The predicted molar refractivity (Wildman–Crippen MR) is 81.8 cm³/mol. The summed E-state index contributed by atoms with van der Waals surface area (Å²) >= 11 is 5.02. The van der Waals surface area contributed by atoms with E-state index in [-0.39, 0.29) is 24.0 Å². The summed E-state index contributed by atoms with van der Waals surface area (Å²) in [7, 11) is 0. The van der Waals surface area contributed by atoms with Crippen LogP contribution in [0.3, 0.4) is 0 Å². The molecule has 2 aromatic rings. The lowest BCUT2D eigenvalue weighted by molar-refractivity contribution is 0.0960. The van der Waals surface area contributed by atoms with E-state index in [4.69, 9.17) is 17.0 Å². The largest absolute Gasteiger partial charge is 0.470 e. The number of anilines is 1. The normalized spacial score (nSPS) is 9.80. The molecule has 0 bridgehead atoms. The number of nitrogens with one attached hydrogen (secondary N) is 1. The fourth-order valence-corrected chi connectivity index (χ4v) is 1.77. The monoisotopic (exact) mass is 286 g/mol. The average Bonchev–Trinajstić information content (AvgIpc) is 2.49. The molecule has 0 unspecified atom stereocenters. The van der Waals surface area contributed by atoms with Crippen LogP contribution in [0.5, 0.6) is 0 Å². The van der Waals surface area contributed by atoms with E-state index in [0.29, 0.717) is 11.4 Å². The van der Waals surface area contributed by atoms with Crippen molar-refractivity contribution in [3.8, 4) is 0 Å². The molecule has 2 rings (SSSR count). The molecule has 0 amide bonds. The number of carbonyl (C=O) groups is 1. The number of Topliss-reactive ketones (excluding diaryl/α,β-unsaturated/α-hetero) is 1. The smallest absolute Gasteiger partial charge is 0.262 e. The van der Waals surface area contributed by atoms with Crippen molar-refractivity contribution >= 4 is 29.0 Å². The molecule has 0 aliphatic rings. The lowest BCUT2D eigenvalue weighted by Gasteiger charge is -2.08. The molecule has 1 heterocycles. The molecule has 0 saturated heterocycles. The van der Waals surface area contributed by atoms with Gasteiger partial charge in [-0.1, -0.05) is 36.4 Å². The zero-order valence-electron chi connectivity index (χ0n) is 10.8. The summed E-state index contributed by atoms with van der Waals surface area (Å²) in [6, 6.07) is 14.6. The number of ether oxygens (including phenoxy) is 1. The number of thiocarbonyl (C=S) groups is 1. The van der Waals surface area contributed by atoms with E-state index in [1.807, 2.05) is 30.3 Å². The first kappa shape index (κ1) is 14.1. The molecule has 0 aliphatic carbocycles. The van der Waals surface area contributed by atoms with Gasteiger partial charge in [-0.15, -0.1) is 0 Å². The number of rotatable bonds is 5. The number of ketones is 1. The topological polar surface area (TPSA) is 51.2 Å². The Balaban J connectivity index is 1.73. The van der Waals surface area contributed by atoms with E-state index in [1.54, 1.807) is 24.4 Å². The van der Waals surface area contributed by atoms with E-state index >= 15 is 0 Å². The first-order valence-electron chi connectivity index (χ1n) is 6.19. The summed E-state index contributed by atoms with van der Waals surface area (Å²) in [4.78, 5) is 15.9. The third kappa shape index (κ3) is 4.44. The van der Waals surface area contributed by atoms with Crippen LogP contribution in [0.2, 0.25) is 0 Å². The Bertz CT molecular complexity index is 573. The zero-order valence-corrected chi connectivity index (χ0v) is 11.6. The van der Waals surface area contributed by atoms with Crippen molar-refractivity contribution < 1.29 is 9.53 Å². The molecule has 102 valence electrons. The Kier molecular flexibility index (Phi) is 5.20. The van der Waals surface area contributed by atoms with Crippen molar-refractivity contribution in [2.24, 2.45) is 0 Å². The van der Waals surface area contributed by atoms with Gasteiger partial charge in [0, 0.05) is 18.2 Å². The van der Waals surface area contributed by atoms with Gasteiger partial charge in [0.2, 0.25) is 0 Å². The number of carbonyl (C=O) groups excluding carboxylic acids is 1. The summed E-state index contributed by atoms with van der Waals surface area (Å²) in [6.45, 7) is 0.242. The van der Waals surface area contributed by atoms with Crippen molar-refractivity contribution in [2.75, 3.05) is 11.9 Å². The number of benzene rings is 1. The SMILES string of the molecule is O=C(CCOC(=S)Nc1ccccn1)c1ccccc1. The minimum absolute atomic E-state index is 0.0336. The maximum atomic E-state index is 11.8. The quantitative estimate of drug-likeness (QED) is 0.676. The third-order valence-corrected chi connectivity index (χ3v) is 2.77. The fraction of sp³-hybridized carbons (Fsp3) is 0.133. The zero-order chi connectivity index (χ0) is 14.2. The molecular formula is C15H14N2O2S. The predicted octanol–water partition coefficient (Wildman–Crippen LogP) is 3.07. The Morgan fingerprint density at radius 2 is 1.90 bits per heavy atom. The summed E-state index contributed by atoms with van der Waals surface area (Å²) in [6.07, 6.45) is 1.94. The van der Waals surface area contributed by atoms with Gasteiger partial charge in [0.05, 0.1) is 6.61 Å². The van der Waals surface area contributed by atoms with Gasteiger partial charge in [-0.05, 0) is 24.4 Å². The van der Waals surface area contributed by atoms with E-state index in [2.05, 4.69) is 10.3 Å². The van der Waals surface area contributed by atoms with Gasteiger partial charge < -0.3 is 10.1 Å². The highest BCUT2D eigenvalue weighted by atomic mass is 32.1. The molecule has 1 N–H and O–H groups in total. The summed E-state index contributed by atoms with van der Waals surface area (Å²) < 4.78 is 5.30. The van der Waals surface area contributed by atoms with Gasteiger partial charge in [0.15, 0.2) is 5.78 Å². The van der Waals surface area contributed by atoms with Crippen LogP contribution in [-0.4, -0.2) is 22.5 Å². The van der Waals surface area contributed by atoms with Gasteiger partial charge in [-0.3, -0.25) is 4.79 Å². The van der Waals surface area contributed by atoms with Crippen LogP contribution < -0.4 is 5.32 Å². The van der Waals surface area contributed by atoms with Crippen LogP contribution in [0, 0.1) is 0 Å². The van der Waals surface area contributed by atoms with Crippen molar-refractivity contribution in [2.45, 2.75) is 6.42 Å². The number of nitrogens with zero attached hydrogens (tertiary/aromatic N) is 1. The molecule has 0 saturated carbocycles. The molecule has 0 aliphatic heterocycles. The van der Waals surface area contributed by atoms with E-state index in [9.17, 15) is 4.79 Å². The Morgan fingerprint density at radius 1 is 1.15 bits per heavy atom. The van der Waals surface area contributed by atoms with Crippen LogP contribution in [0.15, 0.2) is 54.7 Å². The number of hydrogen-bond acceptors (Lipinski definition) is 4. The molecule has 4 nitrogen and oxygen atoms in total. The first-order chi connectivity index (χ1) is 9.75. The molecule has 1 aromatic heterocycles. The highest BCUT2D eigenvalue weighted by Gasteiger charge is 2.06. The number of aromatic nitrogens is 1. The van der Waals surface area contributed by atoms with Gasteiger partial charge in [0.25, 0.3) is 5.17 Å². The van der Waals surface area contributed by atoms with E-state index in [0.717, 1.165) is 0 Å². The summed E-state index contributed by atoms with van der Waals surface area (Å²) in [5, 5.41) is 3.05. The minimum Gasteiger partial charge on any atom is -0.470 e. The minimum atomic E-state index is 0.0336. The molecular weight excluding hydrogens is 272 g/mol. The first-order valence-corrected chi connectivity index (χ1v) is 6.59. The van der Waals surface area contributed by atoms with E-state index in [1.165, 1.54) is 0 Å². The van der Waals surface area contributed by atoms with Crippen LogP contribution in [0.25, 0.3) is 0 Å². The van der Waals surface area contributed by atoms with Crippen molar-refractivity contribution in [3.05, 3.63) is 60.3 Å². The molecule has 0 spiro atoms. The van der Waals surface area contributed by atoms with Crippen LogP contribution in [-0.2, 0) is 4.74 Å². The standard InChI is InChI=1S/C15H14N2O2S/c18-13(12-6-2-1-3-7-12)9-11-19-15(20)17-14-8-4-5-10-16-14/h1-8,10H,9,11H2,(H,16,17,20). The van der Waals surface area contributed by atoms with Gasteiger partial charge >= 0.3 is 0 Å². The number of hydrogen-bond donors (Lipinski definition) is 1. The molecule has 5 heteroatoms. The Morgan fingerprint density at radius 3 is 2.60 bits per heavy atom. The van der Waals surface area contributed by atoms with Crippen molar-refractivity contribution in [1.29, 1.82) is 0 Å². The maximum Gasteiger partial charge on any atom is 0.262 e. The van der Waals surface area contributed by atoms with Gasteiger partial charge in [-0.25, -0.2) is 4.98 Å². The number of pyridine rings is 1. The second kappa shape index (κ2) is 7.35. The summed E-state index contributed by atoms with van der Waals surface area (Å²) in [5.74, 6) is 0.651. The third-order valence-electron chi connectivity index (χ3n) is 2.55. The van der Waals surface area contributed by atoms with E-state index < -0.39 is 0 Å². The van der Waals surface area contributed by atoms with Crippen LogP contribution in [0.1, 0.15) is 16.8 Å².